The zero-order valence-corrected chi connectivity index (χ0v) is 12.4. The molecule has 20 heavy (non-hydrogen) atoms. The molecule has 0 saturated carbocycles. The Labute approximate surface area is 124 Å². The number of hydrogen-bond acceptors (Lipinski definition) is 1. The summed E-state index contributed by atoms with van der Waals surface area (Å²) < 4.78 is 13.1. The minimum absolute atomic E-state index is 0.0259. The predicted molar refractivity (Wildman–Crippen MR) is 80.5 cm³/mol. The first-order chi connectivity index (χ1) is 9.47. The SMILES string of the molecule is CC(C)Cc1ccc(C(O)c2ccc(F)c(Cl)c2)cc1. The van der Waals surface area contributed by atoms with Crippen LogP contribution in [0.15, 0.2) is 42.5 Å². The Kier molecular flexibility index (Phi) is 4.79. The summed E-state index contributed by atoms with van der Waals surface area (Å²) in [5.41, 5.74) is 2.61. The van der Waals surface area contributed by atoms with Gasteiger partial charge in [0, 0.05) is 0 Å². The molecule has 0 saturated heterocycles. The third kappa shape index (κ3) is 3.59. The van der Waals surface area contributed by atoms with Crippen LogP contribution < -0.4 is 0 Å². The number of aliphatic hydroxyl groups excluding tert-OH is 1. The van der Waals surface area contributed by atoms with Gasteiger partial charge in [-0.25, -0.2) is 4.39 Å². The van der Waals surface area contributed by atoms with E-state index >= 15 is 0 Å². The minimum Gasteiger partial charge on any atom is -0.384 e. The molecule has 106 valence electrons. The van der Waals surface area contributed by atoms with Gasteiger partial charge in [0.25, 0.3) is 0 Å². The second-order valence-electron chi connectivity index (χ2n) is 5.42. The summed E-state index contributed by atoms with van der Waals surface area (Å²) in [6.07, 6.45) is 0.222. The van der Waals surface area contributed by atoms with E-state index in [2.05, 4.69) is 13.8 Å². The quantitative estimate of drug-likeness (QED) is 0.861. The summed E-state index contributed by atoms with van der Waals surface area (Å²) in [6.45, 7) is 4.34. The van der Waals surface area contributed by atoms with Gasteiger partial charge in [0.2, 0.25) is 0 Å². The van der Waals surface area contributed by atoms with E-state index in [-0.39, 0.29) is 5.02 Å². The number of benzene rings is 2. The van der Waals surface area contributed by atoms with Gasteiger partial charge in [-0.1, -0.05) is 55.8 Å². The van der Waals surface area contributed by atoms with Crippen molar-refractivity contribution in [2.45, 2.75) is 26.4 Å². The van der Waals surface area contributed by atoms with Gasteiger partial charge < -0.3 is 5.11 Å². The lowest BCUT2D eigenvalue weighted by atomic mass is 9.97. The van der Waals surface area contributed by atoms with Gasteiger partial charge in [-0.3, -0.25) is 0 Å². The molecular formula is C17H18ClFO. The van der Waals surface area contributed by atoms with Crippen molar-refractivity contribution in [2.24, 2.45) is 5.92 Å². The molecule has 0 spiro atoms. The standard InChI is InChI=1S/C17H18ClFO/c1-11(2)9-12-3-5-13(6-4-12)17(20)14-7-8-16(19)15(18)10-14/h3-8,10-11,17,20H,9H2,1-2H3. The van der Waals surface area contributed by atoms with Crippen LogP contribution in [0.1, 0.15) is 36.6 Å². The molecule has 0 heterocycles. The average molecular weight is 293 g/mol. The van der Waals surface area contributed by atoms with Crippen LogP contribution in [0.25, 0.3) is 0 Å². The highest BCUT2D eigenvalue weighted by molar-refractivity contribution is 6.30. The number of halogens is 2. The van der Waals surface area contributed by atoms with Crippen LogP contribution in [0.2, 0.25) is 5.02 Å². The fourth-order valence-corrected chi connectivity index (χ4v) is 2.37. The number of aliphatic hydroxyl groups is 1. The van der Waals surface area contributed by atoms with Crippen LogP contribution in [-0.4, -0.2) is 5.11 Å². The van der Waals surface area contributed by atoms with E-state index in [0.29, 0.717) is 11.5 Å². The predicted octanol–water partition coefficient (Wildman–Crippen LogP) is 4.76. The first-order valence-electron chi connectivity index (χ1n) is 6.69. The number of rotatable bonds is 4. The maximum atomic E-state index is 13.1. The van der Waals surface area contributed by atoms with Gasteiger partial charge in [0.05, 0.1) is 5.02 Å². The van der Waals surface area contributed by atoms with Crippen LogP contribution in [0.4, 0.5) is 4.39 Å². The summed E-state index contributed by atoms with van der Waals surface area (Å²) >= 11 is 5.74. The topological polar surface area (TPSA) is 20.2 Å². The Morgan fingerprint density at radius 3 is 2.20 bits per heavy atom. The molecule has 2 rings (SSSR count). The Bertz CT molecular complexity index is 578. The summed E-state index contributed by atoms with van der Waals surface area (Å²) in [7, 11) is 0. The van der Waals surface area contributed by atoms with E-state index in [1.54, 1.807) is 6.07 Å². The summed E-state index contributed by atoms with van der Waals surface area (Å²) in [4.78, 5) is 0. The lowest BCUT2D eigenvalue weighted by Crippen LogP contribution is -2.01. The van der Waals surface area contributed by atoms with E-state index in [1.165, 1.54) is 17.7 Å². The normalized spacial score (nSPS) is 12.7. The summed E-state index contributed by atoms with van der Waals surface area (Å²) in [5.74, 6) is 0.122. The second kappa shape index (κ2) is 6.38. The van der Waals surface area contributed by atoms with Gasteiger partial charge >= 0.3 is 0 Å². The number of hydrogen-bond donors (Lipinski definition) is 1. The molecular weight excluding hydrogens is 275 g/mol. The van der Waals surface area contributed by atoms with Crippen LogP contribution >= 0.6 is 11.6 Å². The van der Waals surface area contributed by atoms with E-state index in [0.717, 1.165) is 12.0 Å². The van der Waals surface area contributed by atoms with E-state index in [4.69, 9.17) is 11.6 Å². The zero-order valence-electron chi connectivity index (χ0n) is 11.6. The molecule has 0 aliphatic carbocycles. The molecule has 1 nitrogen and oxygen atoms in total. The molecule has 0 aliphatic rings. The summed E-state index contributed by atoms with van der Waals surface area (Å²) in [6, 6.07) is 12.1. The maximum absolute atomic E-state index is 13.1. The van der Waals surface area contributed by atoms with Crippen molar-refractivity contribution < 1.29 is 9.50 Å². The van der Waals surface area contributed by atoms with Crippen molar-refractivity contribution in [3.8, 4) is 0 Å². The van der Waals surface area contributed by atoms with Crippen LogP contribution in [0, 0.1) is 11.7 Å². The molecule has 1 N–H and O–H groups in total. The van der Waals surface area contributed by atoms with Gasteiger partial charge in [-0.2, -0.15) is 0 Å². The van der Waals surface area contributed by atoms with Crippen molar-refractivity contribution in [2.75, 3.05) is 0 Å². The molecule has 2 aromatic rings. The molecule has 0 fully saturated rings. The fraction of sp³-hybridized carbons (Fsp3) is 0.294. The van der Waals surface area contributed by atoms with Gasteiger partial charge in [-0.05, 0) is 41.2 Å². The van der Waals surface area contributed by atoms with Crippen LogP contribution in [0.3, 0.4) is 0 Å². The van der Waals surface area contributed by atoms with E-state index in [1.807, 2.05) is 24.3 Å². The smallest absolute Gasteiger partial charge is 0.141 e. The molecule has 0 amide bonds. The molecule has 0 radical (unpaired) electrons. The molecule has 1 atom stereocenters. The second-order valence-corrected chi connectivity index (χ2v) is 5.82. The summed E-state index contributed by atoms with van der Waals surface area (Å²) in [5, 5.41) is 10.3. The third-order valence-corrected chi connectivity index (χ3v) is 3.49. The van der Waals surface area contributed by atoms with Gasteiger partial charge in [-0.15, -0.1) is 0 Å². The highest BCUT2D eigenvalue weighted by atomic mass is 35.5. The fourth-order valence-electron chi connectivity index (χ4n) is 2.18. The highest BCUT2D eigenvalue weighted by Crippen LogP contribution is 2.26. The largest absolute Gasteiger partial charge is 0.384 e. The Morgan fingerprint density at radius 2 is 1.65 bits per heavy atom. The molecule has 3 heteroatoms. The Balaban J connectivity index is 2.20. The van der Waals surface area contributed by atoms with Crippen LogP contribution in [-0.2, 0) is 6.42 Å². The van der Waals surface area contributed by atoms with E-state index in [9.17, 15) is 9.50 Å². The van der Waals surface area contributed by atoms with Crippen molar-refractivity contribution in [1.82, 2.24) is 0 Å². The molecule has 0 bridgehead atoms. The monoisotopic (exact) mass is 292 g/mol. The van der Waals surface area contributed by atoms with Crippen LogP contribution in [0.5, 0.6) is 0 Å². The highest BCUT2D eigenvalue weighted by Gasteiger charge is 2.12. The van der Waals surface area contributed by atoms with Crippen molar-refractivity contribution in [3.63, 3.8) is 0 Å². The zero-order chi connectivity index (χ0) is 14.7. The lowest BCUT2D eigenvalue weighted by Gasteiger charge is -2.13. The van der Waals surface area contributed by atoms with Gasteiger partial charge in [0.15, 0.2) is 0 Å². The van der Waals surface area contributed by atoms with Crippen molar-refractivity contribution in [1.29, 1.82) is 0 Å². The molecule has 0 aromatic heterocycles. The van der Waals surface area contributed by atoms with Crippen molar-refractivity contribution >= 4 is 11.6 Å². The first kappa shape index (κ1) is 15.0. The lowest BCUT2D eigenvalue weighted by molar-refractivity contribution is 0.220. The van der Waals surface area contributed by atoms with Gasteiger partial charge in [0.1, 0.15) is 11.9 Å². The minimum atomic E-state index is -0.791. The molecule has 1 unspecified atom stereocenters. The third-order valence-electron chi connectivity index (χ3n) is 3.20. The Hall–Kier alpha value is -1.38. The van der Waals surface area contributed by atoms with E-state index < -0.39 is 11.9 Å². The average Bonchev–Trinajstić information content (AvgIpc) is 2.41. The maximum Gasteiger partial charge on any atom is 0.141 e. The van der Waals surface area contributed by atoms with Crippen molar-refractivity contribution in [3.05, 3.63) is 70.0 Å². The molecule has 0 aliphatic heterocycles. The molecule has 2 aromatic carbocycles. The first-order valence-corrected chi connectivity index (χ1v) is 7.07. The Morgan fingerprint density at radius 1 is 1.05 bits per heavy atom.